The van der Waals surface area contributed by atoms with Crippen LogP contribution in [0.2, 0.25) is 0 Å². The number of thiophene rings is 1. The second kappa shape index (κ2) is 7.11. The molecule has 0 fully saturated rings. The number of aromatic nitrogens is 1. The molecule has 0 unspecified atom stereocenters. The SMILES string of the molecule is O=C(COc1ccc2c(c1)CCC2)OCc1coc(-c2cccs2)n1. The Labute approximate surface area is 149 Å². The summed E-state index contributed by atoms with van der Waals surface area (Å²) in [6.07, 6.45) is 4.90. The van der Waals surface area contributed by atoms with Gasteiger partial charge in [-0.05, 0) is 54.0 Å². The molecule has 6 heteroatoms. The fraction of sp³-hybridized carbons (Fsp3) is 0.263. The first-order chi connectivity index (χ1) is 12.3. The molecule has 0 radical (unpaired) electrons. The van der Waals surface area contributed by atoms with Crippen LogP contribution >= 0.6 is 11.3 Å². The molecular weight excluding hydrogens is 338 g/mol. The largest absolute Gasteiger partial charge is 0.482 e. The molecule has 3 aromatic rings. The number of hydrogen-bond donors (Lipinski definition) is 0. The molecule has 25 heavy (non-hydrogen) atoms. The lowest BCUT2D eigenvalue weighted by molar-refractivity contribution is -0.147. The highest BCUT2D eigenvalue weighted by Crippen LogP contribution is 2.26. The minimum absolute atomic E-state index is 0.0707. The quantitative estimate of drug-likeness (QED) is 0.625. The van der Waals surface area contributed by atoms with E-state index >= 15 is 0 Å². The van der Waals surface area contributed by atoms with Gasteiger partial charge in [-0.1, -0.05) is 12.1 Å². The standard InChI is InChI=1S/C19H17NO4S/c21-18(12-22-16-7-6-13-3-1-4-14(13)9-16)23-10-15-11-24-19(20-15)17-5-2-8-25-17/h2,5-9,11H,1,3-4,10,12H2. The summed E-state index contributed by atoms with van der Waals surface area (Å²) in [6, 6.07) is 9.85. The molecule has 128 valence electrons. The van der Waals surface area contributed by atoms with Gasteiger partial charge in [0.2, 0.25) is 5.89 Å². The van der Waals surface area contributed by atoms with Crippen LogP contribution in [0.5, 0.6) is 5.75 Å². The van der Waals surface area contributed by atoms with Crippen molar-refractivity contribution in [1.29, 1.82) is 0 Å². The van der Waals surface area contributed by atoms with E-state index in [0.29, 0.717) is 17.3 Å². The molecule has 1 aliphatic rings. The maximum absolute atomic E-state index is 11.9. The molecular formula is C19H17NO4S. The first kappa shape index (κ1) is 15.9. The van der Waals surface area contributed by atoms with Gasteiger partial charge in [0.15, 0.2) is 6.61 Å². The third-order valence-electron chi connectivity index (χ3n) is 4.09. The number of rotatable bonds is 6. The normalized spacial score (nSPS) is 12.8. The van der Waals surface area contributed by atoms with Crippen LogP contribution in [0.4, 0.5) is 0 Å². The van der Waals surface area contributed by atoms with E-state index in [4.69, 9.17) is 13.9 Å². The van der Waals surface area contributed by atoms with Gasteiger partial charge < -0.3 is 13.9 Å². The van der Waals surface area contributed by atoms with Gasteiger partial charge in [0.25, 0.3) is 0 Å². The van der Waals surface area contributed by atoms with Crippen LogP contribution in [0.1, 0.15) is 23.2 Å². The van der Waals surface area contributed by atoms with Crippen molar-refractivity contribution >= 4 is 17.3 Å². The van der Waals surface area contributed by atoms with Gasteiger partial charge in [-0.15, -0.1) is 11.3 Å². The van der Waals surface area contributed by atoms with Crippen LogP contribution in [0.25, 0.3) is 10.8 Å². The van der Waals surface area contributed by atoms with E-state index in [2.05, 4.69) is 11.1 Å². The van der Waals surface area contributed by atoms with Crippen LogP contribution in [0.15, 0.2) is 46.4 Å². The monoisotopic (exact) mass is 355 g/mol. The Kier molecular flexibility index (Phi) is 4.52. The van der Waals surface area contributed by atoms with E-state index in [1.54, 1.807) is 11.3 Å². The molecule has 0 saturated heterocycles. The Morgan fingerprint density at radius 1 is 1.24 bits per heavy atom. The molecule has 0 spiro atoms. The van der Waals surface area contributed by atoms with Crippen molar-refractivity contribution in [2.45, 2.75) is 25.9 Å². The lowest BCUT2D eigenvalue weighted by Crippen LogP contribution is -2.15. The molecule has 0 amide bonds. The molecule has 0 N–H and O–H groups in total. The number of nitrogens with zero attached hydrogens (tertiary/aromatic N) is 1. The summed E-state index contributed by atoms with van der Waals surface area (Å²) in [7, 11) is 0. The zero-order chi connectivity index (χ0) is 17.1. The lowest BCUT2D eigenvalue weighted by atomic mass is 10.1. The highest BCUT2D eigenvalue weighted by atomic mass is 32.1. The molecule has 1 aliphatic carbocycles. The lowest BCUT2D eigenvalue weighted by Gasteiger charge is -2.07. The Bertz CT molecular complexity index is 869. The van der Waals surface area contributed by atoms with Crippen molar-refractivity contribution in [3.05, 3.63) is 58.8 Å². The molecule has 0 saturated carbocycles. The van der Waals surface area contributed by atoms with Crippen molar-refractivity contribution < 1.29 is 18.7 Å². The maximum atomic E-state index is 11.9. The van der Waals surface area contributed by atoms with Crippen LogP contribution in [-0.4, -0.2) is 17.6 Å². The zero-order valence-electron chi connectivity index (χ0n) is 13.6. The number of fused-ring (bicyclic) bond motifs is 1. The van der Waals surface area contributed by atoms with Gasteiger partial charge in [-0.3, -0.25) is 0 Å². The molecule has 0 atom stereocenters. The second-order valence-corrected chi connectivity index (χ2v) is 6.80. The Balaban J connectivity index is 1.27. The van der Waals surface area contributed by atoms with Crippen LogP contribution in [0, 0.1) is 0 Å². The average Bonchev–Trinajstić information content (AvgIpc) is 3.38. The molecule has 0 bridgehead atoms. The van der Waals surface area contributed by atoms with Gasteiger partial charge >= 0.3 is 5.97 Å². The van der Waals surface area contributed by atoms with Gasteiger partial charge in [0.05, 0.1) is 4.88 Å². The summed E-state index contributed by atoms with van der Waals surface area (Å²) in [5, 5.41) is 1.95. The van der Waals surface area contributed by atoms with Crippen LogP contribution in [0.3, 0.4) is 0 Å². The highest BCUT2D eigenvalue weighted by Gasteiger charge is 2.13. The number of carbonyl (C=O) groups is 1. The summed E-state index contributed by atoms with van der Waals surface area (Å²) in [5.41, 5.74) is 3.27. The van der Waals surface area contributed by atoms with E-state index in [-0.39, 0.29) is 13.2 Å². The zero-order valence-corrected chi connectivity index (χ0v) is 14.4. The average molecular weight is 355 g/mol. The molecule has 0 aliphatic heterocycles. The topological polar surface area (TPSA) is 61.6 Å². The summed E-state index contributed by atoms with van der Waals surface area (Å²) in [5.74, 6) is 0.815. The number of aryl methyl sites for hydroxylation is 2. The summed E-state index contributed by atoms with van der Waals surface area (Å²) in [4.78, 5) is 17.1. The number of hydrogen-bond acceptors (Lipinski definition) is 6. The third-order valence-corrected chi connectivity index (χ3v) is 4.95. The van der Waals surface area contributed by atoms with E-state index in [1.807, 2.05) is 29.6 Å². The highest BCUT2D eigenvalue weighted by molar-refractivity contribution is 7.13. The third kappa shape index (κ3) is 3.74. The first-order valence-electron chi connectivity index (χ1n) is 8.16. The van der Waals surface area contributed by atoms with Gasteiger partial charge in [0.1, 0.15) is 24.3 Å². The fourth-order valence-corrected chi connectivity index (χ4v) is 3.52. The Morgan fingerprint density at radius 2 is 2.16 bits per heavy atom. The van der Waals surface area contributed by atoms with Gasteiger partial charge in [-0.25, -0.2) is 9.78 Å². The number of esters is 1. The van der Waals surface area contributed by atoms with Crippen LogP contribution in [-0.2, 0) is 29.0 Å². The van der Waals surface area contributed by atoms with Crippen molar-refractivity contribution in [3.63, 3.8) is 0 Å². The van der Waals surface area contributed by atoms with Crippen molar-refractivity contribution in [1.82, 2.24) is 4.98 Å². The van der Waals surface area contributed by atoms with Crippen LogP contribution < -0.4 is 4.74 Å². The first-order valence-corrected chi connectivity index (χ1v) is 9.04. The predicted molar refractivity (Wildman–Crippen MR) is 93.6 cm³/mol. The van der Waals surface area contributed by atoms with E-state index < -0.39 is 5.97 Å². The number of carbonyl (C=O) groups excluding carboxylic acids is 1. The van der Waals surface area contributed by atoms with Crippen molar-refractivity contribution in [2.24, 2.45) is 0 Å². The predicted octanol–water partition coefficient (Wildman–Crippen LogP) is 4.01. The Hall–Kier alpha value is -2.60. The Morgan fingerprint density at radius 3 is 3.04 bits per heavy atom. The molecule has 1 aromatic carbocycles. The minimum Gasteiger partial charge on any atom is -0.482 e. The molecule has 5 nitrogen and oxygen atoms in total. The fourth-order valence-electron chi connectivity index (χ4n) is 2.86. The number of ether oxygens (including phenoxy) is 2. The maximum Gasteiger partial charge on any atom is 0.344 e. The number of benzene rings is 1. The molecule has 2 heterocycles. The number of oxazole rings is 1. The van der Waals surface area contributed by atoms with Crippen molar-refractivity contribution in [2.75, 3.05) is 6.61 Å². The van der Waals surface area contributed by atoms with Gasteiger partial charge in [-0.2, -0.15) is 0 Å². The summed E-state index contributed by atoms with van der Waals surface area (Å²) >= 11 is 1.54. The summed E-state index contributed by atoms with van der Waals surface area (Å²) in [6.45, 7) is -0.0460. The molecule has 4 rings (SSSR count). The van der Waals surface area contributed by atoms with E-state index in [0.717, 1.165) is 17.7 Å². The molecule has 2 aromatic heterocycles. The smallest absolute Gasteiger partial charge is 0.344 e. The second-order valence-electron chi connectivity index (χ2n) is 5.85. The minimum atomic E-state index is -0.429. The van der Waals surface area contributed by atoms with Gasteiger partial charge in [0, 0.05) is 0 Å². The van der Waals surface area contributed by atoms with E-state index in [9.17, 15) is 4.79 Å². The van der Waals surface area contributed by atoms with Crippen molar-refractivity contribution in [3.8, 4) is 16.5 Å². The van der Waals surface area contributed by atoms with E-state index in [1.165, 1.54) is 23.8 Å². The summed E-state index contributed by atoms with van der Waals surface area (Å²) < 4.78 is 16.1.